The van der Waals surface area contributed by atoms with Gasteiger partial charge in [0.2, 0.25) is 12.3 Å². The topological polar surface area (TPSA) is 106 Å². The van der Waals surface area contributed by atoms with E-state index in [2.05, 4.69) is 27.3 Å². The fraction of sp³-hybridized carbons (Fsp3) is 0.379. The van der Waals surface area contributed by atoms with Crippen molar-refractivity contribution in [3.05, 3.63) is 77.4 Å². The predicted molar refractivity (Wildman–Crippen MR) is 150 cm³/mol. The van der Waals surface area contributed by atoms with Crippen LogP contribution in [0.1, 0.15) is 37.5 Å². The van der Waals surface area contributed by atoms with Crippen molar-refractivity contribution in [3.8, 4) is 0 Å². The smallest absolute Gasteiger partial charge is 0.224 e. The number of ketones is 1. The van der Waals surface area contributed by atoms with E-state index in [1.807, 2.05) is 55.5 Å². The number of aliphatic imine (C=N–C) groups is 1. The summed E-state index contributed by atoms with van der Waals surface area (Å²) in [7, 11) is 4.94. The lowest BCUT2D eigenvalue weighted by Crippen LogP contribution is -2.28. The molecular formula is C29H41N3O5. The Bertz CT molecular complexity index is 1000. The third-order valence-corrected chi connectivity index (χ3v) is 4.78. The molecule has 2 N–H and O–H groups in total. The van der Waals surface area contributed by atoms with E-state index < -0.39 is 0 Å². The molecule has 0 aliphatic heterocycles. The van der Waals surface area contributed by atoms with Gasteiger partial charge in [-0.3, -0.25) is 19.4 Å². The number of nitrogens with zero attached hydrogens (tertiary/aromatic N) is 1. The van der Waals surface area contributed by atoms with Crippen molar-refractivity contribution in [1.82, 2.24) is 5.32 Å². The Kier molecular flexibility index (Phi) is 19.5. The lowest BCUT2D eigenvalue weighted by Gasteiger charge is -2.07. The minimum atomic E-state index is -0.0523. The van der Waals surface area contributed by atoms with E-state index in [-0.39, 0.29) is 11.7 Å². The number of hydrogen-bond donors (Lipinski definition) is 2. The van der Waals surface area contributed by atoms with Gasteiger partial charge in [0.05, 0.1) is 18.7 Å². The van der Waals surface area contributed by atoms with Gasteiger partial charge in [-0.05, 0) is 67.3 Å². The number of carbonyl (C=O) groups excluding carboxylic acids is 3. The van der Waals surface area contributed by atoms with Gasteiger partial charge in [-0.15, -0.1) is 0 Å². The van der Waals surface area contributed by atoms with E-state index in [9.17, 15) is 14.4 Å². The van der Waals surface area contributed by atoms with Crippen molar-refractivity contribution >= 4 is 29.5 Å². The lowest BCUT2D eigenvalue weighted by atomic mass is 10.0. The summed E-state index contributed by atoms with van der Waals surface area (Å²) in [6, 6.07) is 15.4. The first-order chi connectivity index (χ1) is 17.8. The van der Waals surface area contributed by atoms with Crippen LogP contribution in [-0.2, 0) is 36.7 Å². The van der Waals surface area contributed by atoms with Gasteiger partial charge in [-0.2, -0.15) is 0 Å². The molecule has 0 aliphatic carbocycles. The summed E-state index contributed by atoms with van der Waals surface area (Å²) >= 11 is 0. The quantitative estimate of drug-likeness (QED) is 0.194. The summed E-state index contributed by atoms with van der Waals surface area (Å²) in [6.07, 6.45) is 5.14. The fourth-order valence-electron chi connectivity index (χ4n) is 2.83. The fourth-order valence-corrected chi connectivity index (χ4v) is 2.83. The van der Waals surface area contributed by atoms with Gasteiger partial charge in [0.15, 0.2) is 5.78 Å². The number of aryl methyl sites for hydroxylation is 1. The van der Waals surface area contributed by atoms with Gasteiger partial charge in [0.1, 0.15) is 0 Å². The number of hydrogen-bond acceptors (Lipinski definition) is 6. The molecule has 0 bridgehead atoms. The van der Waals surface area contributed by atoms with Gasteiger partial charge >= 0.3 is 0 Å². The first-order valence-corrected chi connectivity index (χ1v) is 12.1. The number of amides is 2. The van der Waals surface area contributed by atoms with E-state index >= 15 is 0 Å². The van der Waals surface area contributed by atoms with Crippen LogP contribution in [0, 0.1) is 0 Å². The van der Waals surface area contributed by atoms with Crippen LogP contribution in [0.3, 0.4) is 0 Å². The van der Waals surface area contributed by atoms with E-state index in [1.54, 1.807) is 27.3 Å². The zero-order chi connectivity index (χ0) is 27.9. The number of rotatable bonds is 12. The molecule has 2 rings (SSSR count). The first kappa shape index (κ1) is 33.4. The Labute approximate surface area is 221 Å². The number of anilines is 1. The third-order valence-electron chi connectivity index (χ3n) is 4.78. The average Bonchev–Trinajstić information content (AvgIpc) is 2.90. The Morgan fingerprint density at radius 2 is 1.65 bits per heavy atom. The lowest BCUT2D eigenvalue weighted by molar-refractivity contribution is -0.120. The largest absolute Gasteiger partial charge is 0.385 e. The molecule has 37 heavy (non-hydrogen) atoms. The second-order valence-corrected chi connectivity index (χ2v) is 7.67. The molecule has 2 aromatic rings. The Morgan fingerprint density at radius 1 is 0.973 bits per heavy atom. The van der Waals surface area contributed by atoms with E-state index in [4.69, 9.17) is 4.74 Å². The van der Waals surface area contributed by atoms with Crippen LogP contribution in [0.15, 0.2) is 65.7 Å². The van der Waals surface area contributed by atoms with Gasteiger partial charge in [0, 0.05) is 40.1 Å². The molecular weight excluding hydrogens is 470 g/mol. The van der Waals surface area contributed by atoms with Crippen LogP contribution in [0.2, 0.25) is 0 Å². The van der Waals surface area contributed by atoms with Crippen LogP contribution in [0.4, 0.5) is 5.69 Å². The maximum atomic E-state index is 11.8. The number of nitrogens with one attached hydrogen (secondary N) is 2. The zero-order valence-corrected chi connectivity index (χ0v) is 22.9. The predicted octanol–water partition coefficient (Wildman–Crippen LogP) is 4.03. The number of allylic oxidation sites excluding steroid dienone is 2. The Morgan fingerprint density at radius 3 is 2.22 bits per heavy atom. The highest BCUT2D eigenvalue weighted by Gasteiger charge is 2.05. The van der Waals surface area contributed by atoms with Crippen LogP contribution < -0.4 is 10.6 Å². The third kappa shape index (κ3) is 16.6. The maximum absolute atomic E-state index is 11.8. The van der Waals surface area contributed by atoms with Crippen LogP contribution >= 0.6 is 0 Å². The van der Waals surface area contributed by atoms with E-state index in [0.29, 0.717) is 31.7 Å². The molecule has 0 atom stereocenters. The second kappa shape index (κ2) is 21.6. The SMILES string of the molecule is CCOC.CCc1cccc(NC=O)c1.CN=C(/C=C\C(C)=O)c1cccc(CC(=O)NCCOC)c1. The van der Waals surface area contributed by atoms with Gasteiger partial charge < -0.3 is 20.1 Å². The first-order valence-electron chi connectivity index (χ1n) is 12.1. The molecule has 8 nitrogen and oxygen atoms in total. The molecule has 0 unspecified atom stereocenters. The Hall–Kier alpha value is -3.62. The summed E-state index contributed by atoms with van der Waals surface area (Å²) in [4.78, 5) is 37.1. The summed E-state index contributed by atoms with van der Waals surface area (Å²) in [5.74, 6) is -0.0849. The van der Waals surface area contributed by atoms with Crippen molar-refractivity contribution in [2.24, 2.45) is 4.99 Å². The number of methoxy groups -OCH3 is 2. The Balaban J connectivity index is 0.000000713. The molecule has 0 fully saturated rings. The van der Waals surface area contributed by atoms with Crippen LogP contribution in [0.25, 0.3) is 0 Å². The highest BCUT2D eigenvalue weighted by molar-refractivity contribution is 6.11. The maximum Gasteiger partial charge on any atom is 0.224 e. The van der Waals surface area contributed by atoms with E-state index in [0.717, 1.165) is 29.8 Å². The molecule has 0 radical (unpaired) electrons. The minimum absolute atomic E-state index is 0.0326. The average molecular weight is 512 g/mol. The van der Waals surface area contributed by atoms with Gasteiger partial charge in [0.25, 0.3) is 0 Å². The number of ether oxygens (including phenoxy) is 2. The molecule has 2 aromatic carbocycles. The summed E-state index contributed by atoms with van der Waals surface area (Å²) in [6.45, 7) is 7.34. The molecule has 0 saturated heterocycles. The summed E-state index contributed by atoms with van der Waals surface area (Å²) in [5.41, 5.74) is 4.57. The molecule has 0 heterocycles. The second-order valence-electron chi connectivity index (χ2n) is 7.67. The molecule has 0 aliphatic rings. The normalized spacial score (nSPS) is 10.5. The molecule has 2 amide bonds. The van der Waals surface area contributed by atoms with Crippen molar-refractivity contribution < 1.29 is 23.9 Å². The molecule has 0 aromatic heterocycles. The van der Waals surface area contributed by atoms with Crippen molar-refractivity contribution in [2.45, 2.75) is 33.6 Å². The number of carbonyl (C=O) groups is 3. The van der Waals surface area contributed by atoms with Crippen molar-refractivity contribution in [2.75, 3.05) is 46.3 Å². The highest BCUT2D eigenvalue weighted by atomic mass is 16.5. The van der Waals surface area contributed by atoms with Gasteiger partial charge in [-0.1, -0.05) is 37.3 Å². The van der Waals surface area contributed by atoms with Gasteiger partial charge in [-0.25, -0.2) is 0 Å². The molecule has 8 heteroatoms. The minimum Gasteiger partial charge on any atom is -0.385 e. The molecule has 0 spiro atoms. The molecule has 202 valence electrons. The standard InChI is InChI=1S/C17H22N2O3.C9H11NO.C3H8O/c1-13(20)7-8-16(18-2)15-6-4-5-14(11-15)12-17(21)19-9-10-22-3;1-2-8-4-3-5-9(6-8)10-7-11;1-3-4-2/h4-8,11H,9-10,12H2,1-3H3,(H,19,21);3-7H,2H2,1H3,(H,10,11);3H2,1-2H3/b8-7-,18-16?;;. The monoisotopic (exact) mass is 511 g/mol. The van der Waals surface area contributed by atoms with Crippen molar-refractivity contribution in [1.29, 1.82) is 0 Å². The highest BCUT2D eigenvalue weighted by Crippen LogP contribution is 2.10. The zero-order valence-electron chi connectivity index (χ0n) is 22.9. The van der Waals surface area contributed by atoms with E-state index in [1.165, 1.54) is 18.6 Å². The van der Waals surface area contributed by atoms with Crippen LogP contribution in [-0.4, -0.2) is 64.8 Å². The summed E-state index contributed by atoms with van der Waals surface area (Å²) in [5, 5.41) is 5.38. The number of benzene rings is 2. The summed E-state index contributed by atoms with van der Waals surface area (Å²) < 4.78 is 9.43. The van der Waals surface area contributed by atoms with Crippen molar-refractivity contribution in [3.63, 3.8) is 0 Å². The van der Waals surface area contributed by atoms with Crippen LogP contribution in [0.5, 0.6) is 0 Å². The molecule has 0 saturated carbocycles.